The summed E-state index contributed by atoms with van der Waals surface area (Å²) >= 11 is 0. The van der Waals surface area contributed by atoms with Gasteiger partial charge in [-0.2, -0.15) is 0 Å². The molecule has 2 saturated heterocycles. The number of carbonyl (C=O) groups excluding carboxylic acids is 2. The molecule has 2 aliphatic heterocycles. The minimum absolute atomic E-state index is 0.212. The number of nitrogens with one attached hydrogen (secondary N) is 1. The normalized spacial score (nSPS) is 36.7. The van der Waals surface area contributed by atoms with Crippen LogP contribution in [0.2, 0.25) is 0 Å². The van der Waals surface area contributed by atoms with Crippen molar-refractivity contribution in [3.05, 3.63) is 0 Å². The molecule has 2 fully saturated rings. The number of hydrogen-bond acceptors (Lipinski definition) is 12. The first-order chi connectivity index (χ1) is 17.3. The number of rotatable bonds is 12. The van der Waals surface area contributed by atoms with Gasteiger partial charge in [-0.1, -0.05) is 12.8 Å². The molecular weight excluding hydrogens is 494 g/mol. The third-order valence-corrected chi connectivity index (χ3v) is 6.56. The molecule has 13 nitrogen and oxygen atoms in total. The Hall–Kier alpha value is -1.42. The van der Waals surface area contributed by atoms with Gasteiger partial charge in [0, 0.05) is 13.5 Å². The minimum Gasteiger partial charge on any atom is -0.469 e. The average Bonchev–Trinajstić information content (AvgIpc) is 2.81. The van der Waals surface area contributed by atoms with E-state index in [2.05, 4.69) is 10.1 Å². The van der Waals surface area contributed by atoms with Gasteiger partial charge in [0.05, 0.1) is 37.4 Å². The van der Waals surface area contributed by atoms with E-state index in [4.69, 9.17) is 18.9 Å². The zero-order valence-electron chi connectivity index (χ0n) is 22.1. The molecule has 0 aromatic carbocycles. The van der Waals surface area contributed by atoms with Gasteiger partial charge in [0.15, 0.2) is 12.6 Å². The molecule has 0 spiro atoms. The van der Waals surface area contributed by atoms with Crippen LogP contribution in [-0.4, -0.2) is 119 Å². The maximum Gasteiger partial charge on any atom is 0.305 e. The zero-order valence-corrected chi connectivity index (χ0v) is 22.1. The van der Waals surface area contributed by atoms with E-state index in [-0.39, 0.29) is 18.8 Å². The Kier molecular flexibility index (Phi) is 12.1. The summed E-state index contributed by atoms with van der Waals surface area (Å²) in [5.41, 5.74) is -1.27. The van der Waals surface area contributed by atoms with Crippen molar-refractivity contribution in [2.45, 2.75) is 126 Å². The monoisotopic (exact) mass is 537 g/mol. The van der Waals surface area contributed by atoms with Crippen molar-refractivity contribution in [1.82, 2.24) is 5.32 Å². The highest BCUT2D eigenvalue weighted by atomic mass is 16.7. The number of methoxy groups -OCH3 is 2. The fourth-order valence-corrected chi connectivity index (χ4v) is 4.56. The number of carbonyl (C=O) groups is 2. The van der Waals surface area contributed by atoms with Crippen LogP contribution in [0, 0.1) is 0 Å². The lowest BCUT2D eigenvalue weighted by atomic mass is 9.91. The molecule has 0 aromatic heterocycles. The predicted molar refractivity (Wildman–Crippen MR) is 127 cm³/mol. The summed E-state index contributed by atoms with van der Waals surface area (Å²) in [7, 11) is 2.63. The third kappa shape index (κ3) is 9.08. The topological polar surface area (TPSA) is 193 Å². The number of hydrogen-bond donors (Lipinski definition) is 6. The predicted octanol–water partition coefficient (Wildman–Crippen LogP) is -1.30. The summed E-state index contributed by atoms with van der Waals surface area (Å²) in [6.45, 7) is 4.48. The van der Waals surface area contributed by atoms with E-state index in [0.29, 0.717) is 25.7 Å². The zero-order chi connectivity index (χ0) is 27.9. The highest BCUT2D eigenvalue weighted by molar-refractivity contribution is 5.77. The Bertz CT molecular complexity index is 717. The van der Waals surface area contributed by atoms with Crippen LogP contribution < -0.4 is 5.32 Å². The second-order valence-corrected chi connectivity index (χ2v) is 10.3. The first kappa shape index (κ1) is 31.8. The second-order valence-electron chi connectivity index (χ2n) is 10.3. The maximum atomic E-state index is 12.6. The Morgan fingerprint density at radius 1 is 0.946 bits per heavy atom. The van der Waals surface area contributed by atoms with Gasteiger partial charge < -0.3 is 54.5 Å². The largest absolute Gasteiger partial charge is 0.469 e. The Morgan fingerprint density at radius 3 is 2.22 bits per heavy atom. The number of ether oxygens (including phenoxy) is 5. The Balaban J connectivity index is 2.18. The highest BCUT2D eigenvalue weighted by Crippen LogP contribution is 2.31. The van der Waals surface area contributed by atoms with Gasteiger partial charge in [-0.15, -0.1) is 0 Å². The van der Waals surface area contributed by atoms with Crippen LogP contribution in [0.3, 0.4) is 0 Å². The molecule has 216 valence electrons. The molecule has 0 bridgehead atoms. The lowest BCUT2D eigenvalue weighted by molar-refractivity contribution is -0.345. The van der Waals surface area contributed by atoms with Crippen molar-refractivity contribution in [3.8, 4) is 0 Å². The van der Waals surface area contributed by atoms with Crippen molar-refractivity contribution in [3.63, 3.8) is 0 Å². The fraction of sp³-hybridized carbons (Fsp3) is 0.917. The van der Waals surface area contributed by atoms with Gasteiger partial charge in [-0.25, -0.2) is 0 Å². The molecule has 1 amide bonds. The first-order valence-corrected chi connectivity index (χ1v) is 12.6. The van der Waals surface area contributed by atoms with Crippen molar-refractivity contribution >= 4 is 11.9 Å². The number of amides is 1. The third-order valence-electron chi connectivity index (χ3n) is 6.56. The van der Waals surface area contributed by atoms with Gasteiger partial charge in [-0.05, 0) is 33.6 Å². The molecule has 0 saturated carbocycles. The van der Waals surface area contributed by atoms with Crippen molar-refractivity contribution < 1.29 is 58.8 Å². The molecule has 1 unspecified atom stereocenters. The van der Waals surface area contributed by atoms with Crippen LogP contribution in [0.25, 0.3) is 0 Å². The van der Waals surface area contributed by atoms with Gasteiger partial charge in [0.1, 0.15) is 30.5 Å². The van der Waals surface area contributed by atoms with Gasteiger partial charge in [0.25, 0.3) is 0 Å². The SMILES string of the molecule is COC(=O)CCCCCC1O[C@H](O[C@@H]2[C@@H](O)[C@H](C)O[C@H](O)[C@@H]2O)[C@H](OC)[C@@H](O)[C@@H]1NC(=O)CC(C)(C)O. The molecule has 2 heterocycles. The van der Waals surface area contributed by atoms with Crippen LogP contribution in [0.15, 0.2) is 0 Å². The Morgan fingerprint density at radius 2 is 1.62 bits per heavy atom. The number of unbranched alkanes of at least 4 members (excludes halogenated alkanes) is 2. The highest BCUT2D eigenvalue weighted by Gasteiger charge is 2.51. The number of aliphatic hydroxyl groups is 5. The molecule has 2 aliphatic rings. The standard InChI is InChI=1S/C24H43NO12/c1-12-17(28)20(19(30)22(31)35-12)37-23-21(34-5)18(29)16(25-14(26)11-24(2,3)32)13(36-23)9-7-6-8-10-15(27)33-4/h12-13,16-23,28-32H,6-11H2,1-5H3,(H,25,26)/t12-,13?,16+,17-,18-,19+,20+,21+,22-,23+/m0/s1. The summed E-state index contributed by atoms with van der Waals surface area (Å²) in [6, 6.07) is -0.922. The fourth-order valence-electron chi connectivity index (χ4n) is 4.56. The molecule has 13 heteroatoms. The van der Waals surface area contributed by atoms with Crippen molar-refractivity contribution in [1.29, 1.82) is 0 Å². The quantitative estimate of drug-likeness (QED) is 0.127. The number of aliphatic hydroxyl groups excluding tert-OH is 4. The summed E-state index contributed by atoms with van der Waals surface area (Å²) in [5.74, 6) is -0.820. The van der Waals surface area contributed by atoms with E-state index in [1.54, 1.807) is 0 Å². The average molecular weight is 538 g/mol. The molecule has 6 N–H and O–H groups in total. The lowest BCUT2D eigenvalue weighted by Gasteiger charge is -2.47. The first-order valence-electron chi connectivity index (χ1n) is 12.6. The molecule has 2 rings (SSSR count). The van der Waals surface area contributed by atoms with Crippen LogP contribution in [0.4, 0.5) is 0 Å². The van der Waals surface area contributed by atoms with Crippen LogP contribution in [-0.2, 0) is 33.3 Å². The second kappa shape index (κ2) is 14.1. The van der Waals surface area contributed by atoms with Crippen LogP contribution >= 0.6 is 0 Å². The van der Waals surface area contributed by atoms with Gasteiger partial charge >= 0.3 is 5.97 Å². The van der Waals surface area contributed by atoms with E-state index < -0.39 is 72.9 Å². The van der Waals surface area contributed by atoms with Gasteiger partial charge in [-0.3, -0.25) is 9.59 Å². The van der Waals surface area contributed by atoms with E-state index in [9.17, 15) is 35.1 Å². The number of esters is 1. The maximum absolute atomic E-state index is 12.6. The van der Waals surface area contributed by atoms with E-state index in [1.807, 2.05) is 0 Å². The van der Waals surface area contributed by atoms with Gasteiger partial charge in [0.2, 0.25) is 5.91 Å². The van der Waals surface area contributed by atoms with E-state index in [0.717, 1.165) is 0 Å². The smallest absolute Gasteiger partial charge is 0.305 e. The minimum atomic E-state index is -1.60. The van der Waals surface area contributed by atoms with Crippen LogP contribution in [0.5, 0.6) is 0 Å². The molecule has 0 radical (unpaired) electrons. The van der Waals surface area contributed by atoms with Crippen molar-refractivity contribution in [2.75, 3.05) is 14.2 Å². The van der Waals surface area contributed by atoms with E-state index >= 15 is 0 Å². The lowest BCUT2D eigenvalue weighted by Crippen LogP contribution is -2.66. The summed E-state index contributed by atoms with van der Waals surface area (Å²) in [4.78, 5) is 23.9. The summed E-state index contributed by atoms with van der Waals surface area (Å²) in [6.07, 6.45) is -8.93. The molecule has 0 aromatic rings. The molecular formula is C24H43NO12. The summed E-state index contributed by atoms with van der Waals surface area (Å²) in [5, 5.41) is 54.7. The van der Waals surface area contributed by atoms with Crippen LogP contribution in [0.1, 0.15) is 59.3 Å². The van der Waals surface area contributed by atoms with E-state index in [1.165, 1.54) is 35.0 Å². The van der Waals surface area contributed by atoms with Crippen molar-refractivity contribution in [2.24, 2.45) is 0 Å². The molecule has 10 atom stereocenters. The Labute approximate surface area is 217 Å². The summed E-state index contributed by atoms with van der Waals surface area (Å²) < 4.78 is 27.1. The molecule has 0 aliphatic carbocycles. The molecule has 37 heavy (non-hydrogen) atoms.